The maximum absolute atomic E-state index is 6.03. The number of pyridine rings is 1. The van der Waals surface area contributed by atoms with E-state index in [9.17, 15) is 0 Å². The second-order valence-corrected chi connectivity index (χ2v) is 6.43. The molecule has 1 saturated carbocycles. The van der Waals surface area contributed by atoms with Crippen molar-refractivity contribution in [3.05, 3.63) is 23.4 Å². The molecule has 0 amide bonds. The number of ether oxygens (including phenoxy) is 1. The van der Waals surface area contributed by atoms with Gasteiger partial charge in [0, 0.05) is 24.3 Å². The van der Waals surface area contributed by atoms with Crippen LogP contribution in [0.2, 0.25) is 0 Å². The highest BCUT2D eigenvalue weighted by Gasteiger charge is 2.20. The van der Waals surface area contributed by atoms with Crippen LogP contribution in [0, 0.1) is 12.8 Å². The Morgan fingerprint density at radius 2 is 1.95 bits per heavy atom. The fourth-order valence-corrected chi connectivity index (χ4v) is 2.65. The van der Waals surface area contributed by atoms with Gasteiger partial charge in [0.1, 0.15) is 6.10 Å². The molecule has 2 rings (SSSR count). The number of rotatable bonds is 5. The smallest absolute Gasteiger partial charge is 0.213 e. The summed E-state index contributed by atoms with van der Waals surface area (Å²) in [6.45, 7) is 9.58. The number of nitrogens with one attached hydrogen (secondary N) is 1. The number of aryl methyl sites for hydroxylation is 1. The van der Waals surface area contributed by atoms with Crippen LogP contribution in [-0.2, 0) is 6.54 Å². The van der Waals surface area contributed by atoms with Crippen LogP contribution in [0.5, 0.6) is 5.88 Å². The summed E-state index contributed by atoms with van der Waals surface area (Å²) in [5, 5.41) is 3.43. The van der Waals surface area contributed by atoms with Crippen molar-refractivity contribution >= 4 is 0 Å². The fraction of sp³-hybridized carbons (Fsp3) is 0.706. The summed E-state index contributed by atoms with van der Waals surface area (Å²) < 4.78 is 6.03. The van der Waals surface area contributed by atoms with Gasteiger partial charge in [-0.2, -0.15) is 0 Å². The molecule has 1 aromatic rings. The molecule has 0 unspecified atom stereocenters. The average Bonchev–Trinajstić information content (AvgIpc) is 2.40. The molecule has 0 bridgehead atoms. The average molecular weight is 276 g/mol. The zero-order chi connectivity index (χ0) is 14.5. The Morgan fingerprint density at radius 1 is 1.25 bits per heavy atom. The topological polar surface area (TPSA) is 34.1 Å². The predicted octanol–water partition coefficient (Wildman–Crippen LogP) is 3.85. The van der Waals surface area contributed by atoms with Crippen molar-refractivity contribution in [1.29, 1.82) is 0 Å². The summed E-state index contributed by atoms with van der Waals surface area (Å²) in [6.07, 6.45) is 5.25. The summed E-state index contributed by atoms with van der Waals surface area (Å²) >= 11 is 0. The lowest BCUT2D eigenvalue weighted by Crippen LogP contribution is -2.24. The zero-order valence-corrected chi connectivity index (χ0v) is 13.3. The van der Waals surface area contributed by atoms with E-state index in [1.54, 1.807) is 0 Å². The van der Waals surface area contributed by atoms with Gasteiger partial charge in [-0.1, -0.05) is 26.8 Å². The largest absolute Gasteiger partial charge is 0.474 e. The molecule has 1 N–H and O–H groups in total. The molecule has 0 saturated heterocycles. The van der Waals surface area contributed by atoms with Crippen molar-refractivity contribution in [3.8, 4) is 5.88 Å². The highest BCUT2D eigenvalue weighted by molar-refractivity contribution is 5.25. The van der Waals surface area contributed by atoms with E-state index < -0.39 is 0 Å². The third-order valence-electron chi connectivity index (χ3n) is 4.12. The third kappa shape index (κ3) is 4.48. The minimum atomic E-state index is 0.359. The number of hydrogen-bond acceptors (Lipinski definition) is 3. The van der Waals surface area contributed by atoms with E-state index in [1.165, 1.54) is 31.2 Å². The quantitative estimate of drug-likeness (QED) is 0.887. The van der Waals surface area contributed by atoms with Gasteiger partial charge in [-0.15, -0.1) is 0 Å². The molecule has 20 heavy (non-hydrogen) atoms. The van der Waals surface area contributed by atoms with Crippen LogP contribution >= 0.6 is 0 Å². The van der Waals surface area contributed by atoms with Crippen LogP contribution in [-0.4, -0.2) is 17.1 Å². The predicted molar refractivity (Wildman–Crippen MR) is 83.0 cm³/mol. The molecule has 0 aromatic carbocycles. The van der Waals surface area contributed by atoms with Crippen molar-refractivity contribution in [3.63, 3.8) is 0 Å². The van der Waals surface area contributed by atoms with Crippen LogP contribution in [0.1, 0.15) is 57.7 Å². The summed E-state index contributed by atoms with van der Waals surface area (Å²) in [5.41, 5.74) is 2.32. The minimum absolute atomic E-state index is 0.359. The van der Waals surface area contributed by atoms with Crippen molar-refractivity contribution in [2.45, 2.75) is 72.1 Å². The van der Waals surface area contributed by atoms with Crippen LogP contribution < -0.4 is 10.1 Å². The van der Waals surface area contributed by atoms with Gasteiger partial charge in [0.05, 0.1) is 0 Å². The molecule has 3 heteroatoms. The maximum Gasteiger partial charge on any atom is 0.213 e. The van der Waals surface area contributed by atoms with E-state index in [4.69, 9.17) is 4.74 Å². The summed E-state index contributed by atoms with van der Waals surface area (Å²) in [7, 11) is 0. The van der Waals surface area contributed by atoms with E-state index in [-0.39, 0.29) is 0 Å². The highest BCUT2D eigenvalue weighted by atomic mass is 16.5. The third-order valence-corrected chi connectivity index (χ3v) is 4.12. The van der Waals surface area contributed by atoms with Crippen LogP contribution in [0.3, 0.4) is 0 Å². The molecule has 1 fully saturated rings. The SMILES string of the molecule is Cc1nc(OC2CCC(C)CC2)ccc1CNC(C)C. The Hall–Kier alpha value is -1.09. The second-order valence-electron chi connectivity index (χ2n) is 6.43. The molecular weight excluding hydrogens is 248 g/mol. The van der Waals surface area contributed by atoms with E-state index in [0.29, 0.717) is 12.1 Å². The Bertz CT molecular complexity index is 423. The van der Waals surface area contributed by atoms with Gasteiger partial charge in [0.15, 0.2) is 0 Å². The van der Waals surface area contributed by atoms with Gasteiger partial charge in [0.25, 0.3) is 0 Å². The van der Waals surface area contributed by atoms with Crippen molar-refractivity contribution in [2.75, 3.05) is 0 Å². The summed E-state index contributed by atoms with van der Waals surface area (Å²) in [5.74, 6) is 1.64. The lowest BCUT2D eigenvalue weighted by Gasteiger charge is -2.26. The molecule has 1 aromatic heterocycles. The molecule has 3 nitrogen and oxygen atoms in total. The number of hydrogen-bond donors (Lipinski definition) is 1. The monoisotopic (exact) mass is 276 g/mol. The molecule has 112 valence electrons. The highest BCUT2D eigenvalue weighted by Crippen LogP contribution is 2.26. The Labute approximate surface area is 123 Å². The summed E-state index contributed by atoms with van der Waals surface area (Å²) in [6, 6.07) is 4.65. The van der Waals surface area contributed by atoms with Gasteiger partial charge in [-0.25, -0.2) is 4.98 Å². The lowest BCUT2D eigenvalue weighted by atomic mass is 9.89. The molecule has 1 aliphatic rings. The number of nitrogens with zero attached hydrogens (tertiary/aromatic N) is 1. The summed E-state index contributed by atoms with van der Waals surface area (Å²) in [4.78, 5) is 4.60. The van der Waals surface area contributed by atoms with E-state index >= 15 is 0 Å². The van der Waals surface area contributed by atoms with Crippen LogP contribution in [0.25, 0.3) is 0 Å². The van der Waals surface area contributed by atoms with Crippen molar-refractivity contribution in [2.24, 2.45) is 5.92 Å². The Balaban J connectivity index is 1.91. The molecule has 0 radical (unpaired) electrons. The molecule has 0 spiro atoms. The molecule has 0 atom stereocenters. The standard InChI is InChI=1S/C17H28N2O/c1-12(2)18-11-15-7-10-17(19-14(15)4)20-16-8-5-13(3)6-9-16/h7,10,12-13,16,18H,5-6,8-9,11H2,1-4H3. The first-order chi connectivity index (χ1) is 9.54. The first-order valence-electron chi connectivity index (χ1n) is 7.91. The van der Waals surface area contributed by atoms with Crippen LogP contribution in [0.4, 0.5) is 0 Å². The van der Waals surface area contributed by atoms with Gasteiger partial charge < -0.3 is 10.1 Å². The minimum Gasteiger partial charge on any atom is -0.474 e. The normalized spacial score (nSPS) is 23.1. The van der Waals surface area contributed by atoms with E-state index in [1.807, 2.05) is 6.07 Å². The van der Waals surface area contributed by atoms with Gasteiger partial charge in [0.2, 0.25) is 5.88 Å². The molecule has 0 aliphatic heterocycles. The second kappa shape index (κ2) is 7.07. The lowest BCUT2D eigenvalue weighted by molar-refractivity contribution is 0.130. The molecular formula is C17H28N2O. The van der Waals surface area contributed by atoms with Gasteiger partial charge in [-0.05, 0) is 44.1 Å². The fourth-order valence-electron chi connectivity index (χ4n) is 2.65. The van der Waals surface area contributed by atoms with Crippen molar-refractivity contribution < 1.29 is 4.74 Å². The molecule has 1 heterocycles. The number of aromatic nitrogens is 1. The van der Waals surface area contributed by atoms with Gasteiger partial charge >= 0.3 is 0 Å². The van der Waals surface area contributed by atoms with E-state index in [2.05, 4.69) is 44.1 Å². The zero-order valence-electron chi connectivity index (χ0n) is 13.3. The first-order valence-corrected chi connectivity index (χ1v) is 7.91. The Morgan fingerprint density at radius 3 is 2.55 bits per heavy atom. The first kappa shape index (κ1) is 15.3. The van der Waals surface area contributed by atoms with Crippen molar-refractivity contribution in [1.82, 2.24) is 10.3 Å². The maximum atomic E-state index is 6.03. The Kier molecular flexibility index (Phi) is 5.41. The van der Waals surface area contributed by atoms with E-state index in [0.717, 1.165) is 24.0 Å². The van der Waals surface area contributed by atoms with Gasteiger partial charge in [-0.3, -0.25) is 0 Å². The molecule has 1 aliphatic carbocycles. The van der Waals surface area contributed by atoms with Crippen LogP contribution in [0.15, 0.2) is 12.1 Å².